The van der Waals surface area contributed by atoms with Crippen LogP contribution < -0.4 is 5.73 Å². The van der Waals surface area contributed by atoms with Crippen LogP contribution in [0.3, 0.4) is 0 Å². The largest absolute Gasteiger partial charge is 0.416 e. The summed E-state index contributed by atoms with van der Waals surface area (Å²) in [7, 11) is 0. The standard InChI is InChI=1S/C12H10F3NOS/c1-6-2-3-7(4-8(6)12(13,14)15)10-9(17)5-18-11(10)16/h2-4H,5,16H2,1H3. The van der Waals surface area contributed by atoms with Crippen molar-refractivity contribution in [2.24, 2.45) is 5.73 Å². The van der Waals surface area contributed by atoms with E-state index in [2.05, 4.69) is 0 Å². The van der Waals surface area contributed by atoms with E-state index >= 15 is 0 Å². The number of alkyl halides is 3. The molecule has 96 valence electrons. The maximum atomic E-state index is 12.8. The number of Topliss-reactive ketones (excluding diaryl/α,β-unsaturated/α-hetero) is 1. The Balaban J connectivity index is 2.55. The molecule has 1 aromatic carbocycles. The van der Waals surface area contributed by atoms with Gasteiger partial charge in [-0.2, -0.15) is 13.2 Å². The molecule has 1 aliphatic rings. The van der Waals surface area contributed by atoms with Crippen molar-refractivity contribution in [2.75, 3.05) is 5.75 Å². The van der Waals surface area contributed by atoms with E-state index in [1.165, 1.54) is 19.1 Å². The molecule has 2 rings (SSSR count). The molecule has 0 amide bonds. The Morgan fingerprint density at radius 3 is 2.50 bits per heavy atom. The molecule has 0 aromatic heterocycles. The number of hydrogen-bond acceptors (Lipinski definition) is 3. The SMILES string of the molecule is Cc1ccc(C2=C(N)SCC2=O)cc1C(F)(F)F. The number of halogens is 3. The lowest BCUT2D eigenvalue weighted by atomic mass is 9.98. The van der Waals surface area contributed by atoms with Crippen LogP contribution >= 0.6 is 11.8 Å². The fraction of sp³-hybridized carbons (Fsp3) is 0.250. The highest BCUT2D eigenvalue weighted by Gasteiger charge is 2.33. The quantitative estimate of drug-likeness (QED) is 0.855. The molecule has 2 nitrogen and oxygen atoms in total. The number of hydrogen-bond donors (Lipinski definition) is 1. The summed E-state index contributed by atoms with van der Waals surface area (Å²) in [6, 6.07) is 3.84. The summed E-state index contributed by atoms with van der Waals surface area (Å²) in [5, 5.41) is 0.289. The number of nitrogens with two attached hydrogens (primary N) is 1. The second kappa shape index (κ2) is 4.35. The summed E-state index contributed by atoms with van der Waals surface area (Å²) < 4.78 is 38.3. The molecule has 1 heterocycles. The van der Waals surface area contributed by atoms with E-state index in [9.17, 15) is 18.0 Å². The lowest BCUT2D eigenvalue weighted by molar-refractivity contribution is -0.138. The van der Waals surface area contributed by atoms with Crippen LogP contribution in [-0.4, -0.2) is 11.5 Å². The first-order chi connectivity index (χ1) is 8.30. The van der Waals surface area contributed by atoms with E-state index in [-0.39, 0.29) is 33.3 Å². The van der Waals surface area contributed by atoms with Crippen molar-refractivity contribution in [2.45, 2.75) is 13.1 Å². The fourth-order valence-electron chi connectivity index (χ4n) is 1.81. The van der Waals surface area contributed by atoms with E-state index in [0.717, 1.165) is 17.8 Å². The number of thioether (sulfide) groups is 1. The molecule has 0 atom stereocenters. The average molecular weight is 273 g/mol. The van der Waals surface area contributed by atoms with Gasteiger partial charge in [-0.1, -0.05) is 12.1 Å². The monoisotopic (exact) mass is 273 g/mol. The Morgan fingerprint density at radius 2 is 2.00 bits per heavy atom. The van der Waals surface area contributed by atoms with Crippen molar-refractivity contribution in [3.8, 4) is 0 Å². The van der Waals surface area contributed by atoms with Crippen molar-refractivity contribution in [1.29, 1.82) is 0 Å². The van der Waals surface area contributed by atoms with Gasteiger partial charge in [0.25, 0.3) is 0 Å². The topological polar surface area (TPSA) is 43.1 Å². The second-order valence-corrected chi connectivity index (χ2v) is 5.00. The van der Waals surface area contributed by atoms with Crippen molar-refractivity contribution in [3.63, 3.8) is 0 Å². The Bertz CT molecular complexity index is 549. The first-order valence-electron chi connectivity index (χ1n) is 5.14. The van der Waals surface area contributed by atoms with Crippen LogP contribution in [-0.2, 0) is 11.0 Å². The summed E-state index contributed by atoms with van der Waals surface area (Å²) in [5.41, 5.74) is 5.47. The first kappa shape index (κ1) is 13.0. The molecule has 0 unspecified atom stereocenters. The van der Waals surface area contributed by atoms with Gasteiger partial charge in [0, 0.05) is 0 Å². The number of rotatable bonds is 1. The number of carbonyl (C=O) groups excluding carboxylic acids is 1. The highest BCUT2D eigenvalue weighted by molar-refractivity contribution is 8.04. The maximum Gasteiger partial charge on any atom is 0.416 e. The van der Waals surface area contributed by atoms with Crippen molar-refractivity contribution < 1.29 is 18.0 Å². The molecule has 2 N–H and O–H groups in total. The zero-order valence-corrected chi connectivity index (χ0v) is 10.3. The number of allylic oxidation sites excluding steroid dienone is 1. The van der Waals surface area contributed by atoms with Gasteiger partial charge >= 0.3 is 6.18 Å². The van der Waals surface area contributed by atoms with Crippen molar-refractivity contribution >= 4 is 23.1 Å². The Labute approximate surface area is 106 Å². The smallest absolute Gasteiger partial charge is 0.393 e. The van der Waals surface area contributed by atoms with Crippen molar-refractivity contribution in [1.82, 2.24) is 0 Å². The van der Waals surface area contributed by atoms with Gasteiger partial charge in [-0.15, -0.1) is 11.8 Å². The van der Waals surface area contributed by atoms with Gasteiger partial charge in [0.05, 0.1) is 21.9 Å². The Hall–Kier alpha value is -1.43. The molecule has 6 heteroatoms. The zero-order valence-electron chi connectivity index (χ0n) is 9.47. The summed E-state index contributed by atoms with van der Waals surface area (Å²) in [6.07, 6.45) is -4.43. The Morgan fingerprint density at radius 1 is 1.33 bits per heavy atom. The molecule has 0 spiro atoms. The van der Waals surface area contributed by atoms with Crippen LogP contribution in [0.5, 0.6) is 0 Å². The number of ketones is 1. The number of aryl methyl sites for hydroxylation is 1. The van der Waals surface area contributed by atoms with E-state index in [1.807, 2.05) is 0 Å². The molecule has 0 saturated heterocycles. The van der Waals surface area contributed by atoms with Gasteiger partial charge in [-0.3, -0.25) is 4.79 Å². The third-order valence-corrected chi connectivity index (χ3v) is 3.64. The minimum Gasteiger partial charge on any atom is -0.393 e. The fourth-order valence-corrected chi connectivity index (χ4v) is 2.62. The van der Waals surface area contributed by atoms with Gasteiger partial charge in [-0.25, -0.2) is 0 Å². The van der Waals surface area contributed by atoms with Gasteiger partial charge in [-0.05, 0) is 24.1 Å². The normalized spacial score (nSPS) is 16.6. The molecule has 1 aliphatic heterocycles. The van der Waals surface area contributed by atoms with E-state index < -0.39 is 11.7 Å². The Kier molecular flexibility index (Phi) is 3.14. The van der Waals surface area contributed by atoms with E-state index in [4.69, 9.17) is 5.73 Å². The summed E-state index contributed by atoms with van der Waals surface area (Å²) in [5.74, 6) is -0.0365. The van der Waals surface area contributed by atoms with Gasteiger partial charge in [0.15, 0.2) is 5.78 Å². The second-order valence-electron chi connectivity index (χ2n) is 3.98. The van der Waals surface area contributed by atoms with Crippen LogP contribution in [0.15, 0.2) is 23.2 Å². The highest BCUT2D eigenvalue weighted by atomic mass is 32.2. The molecular weight excluding hydrogens is 263 g/mol. The molecular formula is C12H10F3NOS. The van der Waals surface area contributed by atoms with Crippen LogP contribution in [0.4, 0.5) is 13.2 Å². The summed E-state index contributed by atoms with van der Waals surface area (Å²) in [4.78, 5) is 11.6. The van der Waals surface area contributed by atoms with Crippen LogP contribution in [0.25, 0.3) is 5.57 Å². The van der Waals surface area contributed by atoms with Gasteiger partial charge < -0.3 is 5.73 Å². The average Bonchev–Trinajstić information content (AvgIpc) is 2.58. The number of carbonyl (C=O) groups is 1. The molecule has 0 saturated carbocycles. The summed E-state index contributed by atoms with van der Waals surface area (Å²) in [6.45, 7) is 1.38. The van der Waals surface area contributed by atoms with E-state index in [1.54, 1.807) is 0 Å². The molecule has 18 heavy (non-hydrogen) atoms. The highest BCUT2D eigenvalue weighted by Crippen LogP contribution is 2.37. The zero-order chi connectivity index (χ0) is 13.5. The van der Waals surface area contributed by atoms with Crippen LogP contribution in [0.2, 0.25) is 0 Å². The van der Waals surface area contributed by atoms with Crippen LogP contribution in [0, 0.1) is 6.92 Å². The molecule has 0 radical (unpaired) electrons. The number of benzene rings is 1. The third kappa shape index (κ3) is 2.25. The maximum absolute atomic E-state index is 12.8. The molecule has 0 bridgehead atoms. The van der Waals surface area contributed by atoms with Crippen molar-refractivity contribution in [3.05, 3.63) is 39.9 Å². The third-order valence-electron chi connectivity index (χ3n) is 2.72. The van der Waals surface area contributed by atoms with E-state index in [0.29, 0.717) is 0 Å². The first-order valence-corrected chi connectivity index (χ1v) is 6.13. The van der Waals surface area contributed by atoms with Gasteiger partial charge in [0.2, 0.25) is 0 Å². The predicted molar refractivity (Wildman–Crippen MR) is 64.8 cm³/mol. The predicted octanol–water partition coefficient (Wildman–Crippen LogP) is 2.96. The lowest BCUT2D eigenvalue weighted by Gasteiger charge is -2.12. The van der Waals surface area contributed by atoms with Gasteiger partial charge in [0.1, 0.15) is 0 Å². The minimum atomic E-state index is -4.43. The lowest BCUT2D eigenvalue weighted by Crippen LogP contribution is -2.09. The summed E-state index contributed by atoms with van der Waals surface area (Å²) >= 11 is 1.15. The molecule has 0 aliphatic carbocycles. The molecule has 0 fully saturated rings. The molecule has 1 aromatic rings. The van der Waals surface area contributed by atoms with Crippen LogP contribution in [0.1, 0.15) is 16.7 Å². The minimum absolute atomic E-state index is 0.128.